The molecule has 0 bridgehead atoms. The minimum atomic E-state index is -4.27. The average Bonchev–Trinajstić information content (AvgIpc) is 3.30. The monoisotopic (exact) mass is 490 g/mol. The number of carbonyl (C=O) groups is 2. The van der Waals surface area contributed by atoms with E-state index in [1.807, 2.05) is 0 Å². The van der Waals surface area contributed by atoms with Gasteiger partial charge in [0, 0.05) is 26.7 Å². The molecule has 0 atom stereocenters. The number of imidazole rings is 1. The van der Waals surface area contributed by atoms with Crippen molar-refractivity contribution in [3.05, 3.63) is 47.5 Å². The summed E-state index contributed by atoms with van der Waals surface area (Å²) in [7, 11) is 5.01. The van der Waals surface area contributed by atoms with Crippen LogP contribution in [0.2, 0.25) is 0 Å². The first-order valence-electron chi connectivity index (χ1n) is 10.2. The van der Waals surface area contributed by atoms with E-state index in [0.717, 1.165) is 5.52 Å². The normalized spacial score (nSPS) is 11.7. The predicted octanol–water partition coefficient (Wildman–Crippen LogP) is 3.85. The fraction of sp³-hybridized carbons (Fsp3) is 0.273. The second-order valence-corrected chi connectivity index (χ2v) is 8.94. The quantitative estimate of drug-likeness (QED) is 0.428. The van der Waals surface area contributed by atoms with Crippen molar-refractivity contribution in [1.82, 2.24) is 24.8 Å². The molecule has 0 saturated carbocycles. The molecule has 4 rings (SSSR count). The summed E-state index contributed by atoms with van der Waals surface area (Å²) in [4.78, 5) is 34.4. The van der Waals surface area contributed by atoms with Crippen LogP contribution in [0.4, 0.5) is 24.3 Å². The number of hydrogen-bond donors (Lipinski definition) is 2. The number of likely N-dealkylation sites (N-methyl/N-ethyl adjacent to an activating group) is 1. The molecule has 12 heteroatoms. The van der Waals surface area contributed by atoms with Gasteiger partial charge in [-0.15, -0.1) is 0 Å². The Bertz CT molecular complexity index is 1390. The van der Waals surface area contributed by atoms with E-state index >= 15 is 0 Å². The number of alkyl halides is 3. The van der Waals surface area contributed by atoms with Gasteiger partial charge in [-0.05, 0) is 35.9 Å². The summed E-state index contributed by atoms with van der Waals surface area (Å²) in [6.07, 6.45) is -5.27. The van der Waals surface area contributed by atoms with Crippen molar-refractivity contribution in [1.29, 1.82) is 0 Å². The average molecular weight is 491 g/mol. The zero-order valence-electron chi connectivity index (χ0n) is 18.5. The smallest absolute Gasteiger partial charge is 0.347 e. The van der Waals surface area contributed by atoms with Crippen molar-refractivity contribution >= 4 is 55.5 Å². The van der Waals surface area contributed by atoms with Gasteiger partial charge < -0.3 is 20.1 Å². The third kappa shape index (κ3) is 5.11. The van der Waals surface area contributed by atoms with Crippen LogP contribution in [0.25, 0.3) is 21.3 Å². The highest BCUT2D eigenvalue weighted by Gasteiger charge is 2.27. The number of anilines is 2. The molecule has 2 heterocycles. The number of nitrogens with zero attached hydrogens (tertiary/aromatic N) is 4. The molecule has 0 radical (unpaired) electrons. The number of carbonyl (C=O) groups excluding carboxylic acids is 2. The second-order valence-electron chi connectivity index (χ2n) is 7.91. The van der Waals surface area contributed by atoms with E-state index in [0.29, 0.717) is 32.4 Å². The molecule has 0 unspecified atom stereocenters. The van der Waals surface area contributed by atoms with Gasteiger partial charge >= 0.3 is 6.18 Å². The minimum absolute atomic E-state index is 0.110. The van der Waals surface area contributed by atoms with E-state index in [1.54, 1.807) is 50.0 Å². The van der Waals surface area contributed by atoms with E-state index in [-0.39, 0.29) is 18.0 Å². The highest BCUT2D eigenvalue weighted by molar-refractivity contribution is 7.22. The summed E-state index contributed by atoms with van der Waals surface area (Å²) in [5.41, 5.74) is 2.45. The van der Waals surface area contributed by atoms with Crippen molar-refractivity contribution < 1.29 is 22.8 Å². The number of amides is 2. The van der Waals surface area contributed by atoms with Gasteiger partial charge in [-0.1, -0.05) is 17.4 Å². The topological polar surface area (TPSA) is 92.2 Å². The van der Waals surface area contributed by atoms with E-state index in [4.69, 9.17) is 0 Å². The maximum atomic E-state index is 12.7. The van der Waals surface area contributed by atoms with Crippen LogP contribution in [0, 0.1) is 0 Å². The van der Waals surface area contributed by atoms with Gasteiger partial charge in [0.2, 0.25) is 11.9 Å². The number of rotatable bonds is 6. The number of hydrogen-bond acceptors (Lipinski definition) is 6. The molecule has 8 nitrogen and oxygen atoms in total. The molecule has 0 aliphatic carbocycles. The first-order valence-corrected chi connectivity index (χ1v) is 11.0. The molecule has 2 N–H and O–H groups in total. The highest BCUT2D eigenvalue weighted by atomic mass is 32.1. The van der Waals surface area contributed by atoms with Crippen LogP contribution in [0.3, 0.4) is 0 Å². The number of nitrogens with one attached hydrogen (secondary N) is 2. The van der Waals surface area contributed by atoms with Crippen LogP contribution in [-0.2, 0) is 18.3 Å². The third-order valence-electron chi connectivity index (χ3n) is 5.12. The molecule has 0 spiro atoms. The van der Waals surface area contributed by atoms with Gasteiger partial charge in [0.15, 0.2) is 5.13 Å². The number of thiazole rings is 1. The van der Waals surface area contributed by atoms with Gasteiger partial charge in [0.25, 0.3) is 5.91 Å². The van der Waals surface area contributed by atoms with Crippen LogP contribution < -0.4 is 10.6 Å². The zero-order valence-corrected chi connectivity index (χ0v) is 19.3. The molecule has 2 amide bonds. The van der Waals surface area contributed by atoms with Crippen molar-refractivity contribution in [2.75, 3.05) is 26.0 Å². The largest absolute Gasteiger partial charge is 0.393 e. The maximum Gasteiger partial charge on any atom is 0.393 e. The molecule has 0 aliphatic rings. The van der Waals surface area contributed by atoms with Crippen LogP contribution in [0.15, 0.2) is 36.4 Å². The van der Waals surface area contributed by atoms with E-state index in [1.165, 1.54) is 28.4 Å². The lowest BCUT2D eigenvalue weighted by atomic mass is 10.1. The predicted molar refractivity (Wildman–Crippen MR) is 124 cm³/mol. The lowest BCUT2D eigenvalue weighted by Crippen LogP contribution is -2.36. The molecule has 34 heavy (non-hydrogen) atoms. The first-order chi connectivity index (χ1) is 16.0. The summed E-state index contributed by atoms with van der Waals surface area (Å²) < 4.78 is 40.5. The van der Waals surface area contributed by atoms with E-state index < -0.39 is 18.5 Å². The molecule has 2 aromatic carbocycles. The van der Waals surface area contributed by atoms with Crippen LogP contribution in [0.1, 0.15) is 15.9 Å². The molecule has 0 fully saturated rings. The maximum absolute atomic E-state index is 12.7. The summed E-state index contributed by atoms with van der Waals surface area (Å²) in [5, 5.41) is 6.17. The van der Waals surface area contributed by atoms with Gasteiger partial charge in [0.1, 0.15) is 0 Å². The van der Waals surface area contributed by atoms with Crippen molar-refractivity contribution in [3.63, 3.8) is 0 Å². The van der Waals surface area contributed by atoms with E-state index in [9.17, 15) is 22.8 Å². The van der Waals surface area contributed by atoms with Crippen molar-refractivity contribution in [2.45, 2.75) is 12.6 Å². The van der Waals surface area contributed by atoms with Crippen molar-refractivity contribution in [3.8, 4) is 0 Å². The lowest BCUT2D eigenvalue weighted by Gasteiger charge is -2.10. The molecule has 178 valence electrons. The summed E-state index contributed by atoms with van der Waals surface area (Å²) in [5.74, 6) is -0.150. The fourth-order valence-corrected chi connectivity index (χ4v) is 4.25. The lowest BCUT2D eigenvalue weighted by molar-refractivity contribution is -0.128. The number of aryl methyl sites for hydroxylation is 1. The molecule has 0 saturated heterocycles. The molecular weight excluding hydrogens is 469 g/mol. The Balaban J connectivity index is 1.54. The summed E-state index contributed by atoms with van der Waals surface area (Å²) in [6, 6.07) is 9.50. The van der Waals surface area contributed by atoms with Crippen molar-refractivity contribution in [2.24, 2.45) is 7.05 Å². The second kappa shape index (κ2) is 8.93. The highest BCUT2D eigenvalue weighted by Crippen LogP contribution is 2.31. The van der Waals surface area contributed by atoms with Crippen LogP contribution in [0.5, 0.6) is 0 Å². The Morgan fingerprint density at radius 3 is 2.56 bits per heavy atom. The van der Waals surface area contributed by atoms with Crippen LogP contribution in [-0.4, -0.2) is 58.1 Å². The summed E-state index contributed by atoms with van der Waals surface area (Å²) >= 11 is 1.23. The molecular formula is C22H21F3N6O2S. The van der Waals surface area contributed by atoms with Gasteiger partial charge in [0.05, 0.1) is 34.2 Å². The fourth-order valence-electron chi connectivity index (χ4n) is 3.33. The first kappa shape index (κ1) is 23.5. The van der Waals surface area contributed by atoms with Crippen LogP contribution >= 0.6 is 11.3 Å². The number of aromatic nitrogens is 3. The molecule has 4 aromatic rings. The van der Waals surface area contributed by atoms with Gasteiger partial charge in [-0.2, -0.15) is 13.2 Å². The van der Waals surface area contributed by atoms with Gasteiger partial charge in [-0.3, -0.25) is 9.59 Å². The Hall–Kier alpha value is -3.67. The summed E-state index contributed by atoms with van der Waals surface area (Å²) in [6.45, 7) is -0.110. The van der Waals surface area contributed by atoms with Gasteiger partial charge in [-0.25, -0.2) is 9.97 Å². The SMILES string of the molecule is CN(C)C(=O)CNC(=O)c1ccc2c(c1)nc(Nc1nc3ccc(CC(F)(F)F)cc3s1)n2C. The number of fused-ring (bicyclic) bond motifs is 2. The molecule has 2 aromatic heterocycles. The standard InChI is InChI=1S/C22H21F3N6O2S/c1-30(2)18(32)11-26-19(33)13-5-7-16-15(9-13)27-20(31(16)3)29-21-28-14-6-4-12(8-17(14)34-21)10-22(23,24)25/h4-9H,10-11H2,1-3H3,(H,26,33)(H,27,28,29). The Kier molecular flexibility index (Phi) is 6.17. The third-order valence-corrected chi connectivity index (χ3v) is 6.05. The Labute approximate surface area is 196 Å². The number of halogens is 3. The Morgan fingerprint density at radius 1 is 1.09 bits per heavy atom. The Morgan fingerprint density at radius 2 is 1.85 bits per heavy atom. The van der Waals surface area contributed by atoms with E-state index in [2.05, 4.69) is 20.6 Å². The molecule has 0 aliphatic heterocycles. The number of benzene rings is 2. The minimum Gasteiger partial charge on any atom is -0.347 e. The zero-order chi connectivity index (χ0) is 24.6.